The highest BCUT2D eigenvalue weighted by molar-refractivity contribution is 9.10. The van der Waals surface area contributed by atoms with Crippen molar-refractivity contribution >= 4 is 21.9 Å². The van der Waals surface area contributed by atoms with Crippen LogP contribution in [0.5, 0.6) is 0 Å². The number of H-pyrrole nitrogens is 1. The highest BCUT2D eigenvalue weighted by Crippen LogP contribution is 2.33. The van der Waals surface area contributed by atoms with E-state index in [2.05, 4.69) is 48.7 Å². The lowest BCUT2D eigenvalue weighted by Crippen LogP contribution is -2.21. The molecule has 3 N–H and O–H groups in total. The van der Waals surface area contributed by atoms with Gasteiger partial charge in [-0.25, -0.2) is 4.79 Å². The van der Waals surface area contributed by atoms with Crippen LogP contribution in [0.2, 0.25) is 0 Å². The summed E-state index contributed by atoms with van der Waals surface area (Å²) in [6.45, 7) is 2.28. The monoisotopic (exact) mass is 443 g/mol. The maximum absolute atomic E-state index is 11.8. The van der Waals surface area contributed by atoms with Crippen LogP contribution in [0, 0.1) is 0 Å². The Morgan fingerprint density at radius 1 is 1.25 bits per heavy atom. The second kappa shape index (κ2) is 8.28. The number of carboxylic acid groups (broad SMARTS) is 1. The predicted molar refractivity (Wildman–Crippen MR) is 110 cm³/mol. The quantitative estimate of drug-likeness (QED) is 0.465. The van der Waals surface area contributed by atoms with Gasteiger partial charge in [0.1, 0.15) is 5.69 Å². The van der Waals surface area contributed by atoms with Crippen molar-refractivity contribution in [3.8, 4) is 11.3 Å². The molecule has 1 aromatic carbocycles. The standard InChI is InChI=1S/C20H22BrN5O2/c21-14-4-2-13(3-5-14)8-10-22-9-1-11-26-19(20(27)28)15-6-7-17-16(12-23-24-17)18(15)25-26/h2-5,12,22H,1,6-11H2,(H,23,24)(H,27,28). The number of carbonyl (C=O) groups is 1. The Balaban J connectivity index is 1.34. The molecular formula is C20H22BrN5O2. The first-order valence-electron chi connectivity index (χ1n) is 9.44. The molecule has 0 fully saturated rings. The zero-order valence-corrected chi connectivity index (χ0v) is 17.0. The van der Waals surface area contributed by atoms with Gasteiger partial charge in [0, 0.05) is 27.8 Å². The average Bonchev–Trinajstić information content (AvgIpc) is 3.29. The molecule has 4 rings (SSSR count). The Morgan fingerprint density at radius 2 is 2.07 bits per heavy atom. The molecule has 0 aliphatic heterocycles. The molecule has 0 atom stereocenters. The molecule has 8 heteroatoms. The number of aromatic amines is 1. The third-order valence-electron chi connectivity index (χ3n) is 5.08. The molecule has 0 amide bonds. The normalized spacial score (nSPS) is 12.6. The number of nitrogens with one attached hydrogen (secondary N) is 2. The van der Waals surface area contributed by atoms with Crippen molar-refractivity contribution in [2.75, 3.05) is 13.1 Å². The molecular weight excluding hydrogens is 422 g/mol. The summed E-state index contributed by atoms with van der Waals surface area (Å²) >= 11 is 3.44. The lowest BCUT2D eigenvalue weighted by atomic mass is 9.94. The predicted octanol–water partition coefficient (Wildman–Crippen LogP) is 3.05. The van der Waals surface area contributed by atoms with Crippen LogP contribution in [-0.2, 0) is 25.8 Å². The summed E-state index contributed by atoms with van der Waals surface area (Å²) < 4.78 is 2.73. The fourth-order valence-corrected chi connectivity index (χ4v) is 3.94. The summed E-state index contributed by atoms with van der Waals surface area (Å²) in [5, 5.41) is 24.8. The van der Waals surface area contributed by atoms with E-state index in [4.69, 9.17) is 0 Å². The maximum Gasteiger partial charge on any atom is 0.354 e. The summed E-state index contributed by atoms with van der Waals surface area (Å²) in [5.41, 5.74) is 5.15. The second-order valence-electron chi connectivity index (χ2n) is 6.95. The van der Waals surface area contributed by atoms with Crippen molar-refractivity contribution < 1.29 is 9.90 Å². The van der Waals surface area contributed by atoms with E-state index in [-0.39, 0.29) is 0 Å². The van der Waals surface area contributed by atoms with Gasteiger partial charge in [0.25, 0.3) is 0 Å². The third-order valence-corrected chi connectivity index (χ3v) is 5.61. The fraction of sp³-hybridized carbons (Fsp3) is 0.350. The van der Waals surface area contributed by atoms with Crippen LogP contribution in [-0.4, -0.2) is 44.1 Å². The van der Waals surface area contributed by atoms with Crippen molar-refractivity contribution in [3.05, 3.63) is 57.4 Å². The Hall–Kier alpha value is -2.45. The van der Waals surface area contributed by atoms with E-state index in [1.54, 1.807) is 10.9 Å². The van der Waals surface area contributed by atoms with Gasteiger partial charge in [-0.15, -0.1) is 0 Å². The summed E-state index contributed by atoms with van der Waals surface area (Å²) in [4.78, 5) is 11.8. The molecule has 1 aliphatic carbocycles. The first-order valence-corrected chi connectivity index (χ1v) is 10.2. The average molecular weight is 444 g/mol. The minimum atomic E-state index is -0.913. The molecule has 0 bridgehead atoms. The molecule has 0 saturated heterocycles. The summed E-state index contributed by atoms with van der Waals surface area (Å²) in [6, 6.07) is 8.33. The number of hydrogen-bond acceptors (Lipinski definition) is 4. The third kappa shape index (κ3) is 3.88. The van der Waals surface area contributed by atoms with E-state index in [1.165, 1.54) is 5.56 Å². The van der Waals surface area contributed by atoms with Crippen LogP contribution in [0.25, 0.3) is 11.3 Å². The van der Waals surface area contributed by atoms with Crippen LogP contribution in [0.1, 0.15) is 33.7 Å². The lowest BCUT2D eigenvalue weighted by Gasteiger charge is -2.10. The van der Waals surface area contributed by atoms with Gasteiger partial charge in [-0.1, -0.05) is 28.1 Å². The van der Waals surface area contributed by atoms with Gasteiger partial charge in [-0.05, 0) is 56.5 Å². The van der Waals surface area contributed by atoms with E-state index in [1.807, 2.05) is 12.1 Å². The molecule has 2 aromatic heterocycles. The van der Waals surface area contributed by atoms with Gasteiger partial charge in [0.15, 0.2) is 0 Å². The number of rotatable bonds is 8. The van der Waals surface area contributed by atoms with Gasteiger partial charge in [0.05, 0.1) is 11.9 Å². The number of hydrogen-bond donors (Lipinski definition) is 3. The molecule has 0 saturated carbocycles. The topological polar surface area (TPSA) is 95.8 Å². The maximum atomic E-state index is 11.8. The highest BCUT2D eigenvalue weighted by Gasteiger charge is 2.28. The van der Waals surface area contributed by atoms with Crippen molar-refractivity contribution in [3.63, 3.8) is 0 Å². The van der Waals surface area contributed by atoms with Crippen molar-refractivity contribution in [2.45, 2.75) is 32.2 Å². The SMILES string of the molecule is O=C(O)c1c2c(nn1CCCNCCc1ccc(Br)cc1)-c1cn[nH]c1CC2. The largest absolute Gasteiger partial charge is 0.477 e. The number of carboxylic acids is 1. The molecule has 28 heavy (non-hydrogen) atoms. The van der Waals surface area contributed by atoms with E-state index in [9.17, 15) is 9.90 Å². The van der Waals surface area contributed by atoms with E-state index in [0.29, 0.717) is 18.7 Å². The molecule has 7 nitrogen and oxygen atoms in total. The Kier molecular flexibility index (Phi) is 5.59. The number of nitrogens with zero attached hydrogens (tertiary/aromatic N) is 3. The number of benzene rings is 1. The minimum absolute atomic E-state index is 0.316. The fourth-order valence-electron chi connectivity index (χ4n) is 3.67. The molecule has 0 radical (unpaired) electrons. The molecule has 2 heterocycles. The van der Waals surface area contributed by atoms with Crippen LogP contribution in [0.15, 0.2) is 34.9 Å². The van der Waals surface area contributed by atoms with Gasteiger partial charge in [-0.2, -0.15) is 10.2 Å². The number of aryl methyl sites for hydroxylation is 2. The van der Waals surface area contributed by atoms with Crippen molar-refractivity contribution in [2.24, 2.45) is 0 Å². The van der Waals surface area contributed by atoms with Crippen LogP contribution < -0.4 is 5.32 Å². The number of halogens is 1. The number of aromatic nitrogens is 4. The van der Waals surface area contributed by atoms with Crippen LogP contribution in [0.3, 0.4) is 0 Å². The van der Waals surface area contributed by atoms with Crippen molar-refractivity contribution in [1.29, 1.82) is 0 Å². The Bertz CT molecular complexity index is 977. The Morgan fingerprint density at radius 3 is 2.86 bits per heavy atom. The van der Waals surface area contributed by atoms with E-state index >= 15 is 0 Å². The molecule has 146 valence electrons. The summed E-state index contributed by atoms with van der Waals surface area (Å²) in [6.07, 6.45) is 4.97. The summed E-state index contributed by atoms with van der Waals surface area (Å²) in [7, 11) is 0. The number of aromatic carboxylic acids is 1. The van der Waals surface area contributed by atoms with Gasteiger partial charge in [0.2, 0.25) is 0 Å². The lowest BCUT2D eigenvalue weighted by molar-refractivity contribution is 0.0681. The van der Waals surface area contributed by atoms with Crippen LogP contribution in [0.4, 0.5) is 0 Å². The van der Waals surface area contributed by atoms with E-state index in [0.717, 1.165) is 59.3 Å². The van der Waals surface area contributed by atoms with E-state index < -0.39 is 5.97 Å². The number of fused-ring (bicyclic) bond motifs is 3. The molecule has 0 unspecified atom stereocenters. The first-order chi connectivity index (χ1) is 13.6. The van der Waals surface area contributed by atoms with Gasteiger partial charge < -0.3 is 10.4 Å². The Labute approximate surface area is 171 Å². The molecule has 0 spiro atoms. The van der Waals surface area contributed by atoms with Gasteiger partial charge >= 0.3 is 5.97 Å². The zero-order valence-electron chi connectivity index (χ0n) is 15.4. The smallest absolute Gasteiger partial charge is 0.354 e. The molecule has 3 aromatic rings. The van der Waals surface area contributed by atoms with Gasteiger partial charge in [-0.3, -0.25) is 9.78 Å². The summed E-state index contributed by atoms with van der Waals surface area (Å²) in [5.74, 6) is -0.913. The van der Waals surface area contributed by atoms with Crippen molar-refractivity contribution in [1.82, 2.24) is 25.3 Å². The highest BCUT2D eigenvalue weighted by atomic mass is 79.9. The second-order valence-corrected chi connectivity index (χ2v) is 7.86. The molecule has 1 aliphatic rings. The zero-order chi connectivity index (χ0) is 19.5. The van der Waals surface area contributed by atoms with Crippen LogP contribution >= 0.6 is 15.9 Å². The first kappa shape index (κ1) is 18.9. The minimum Gasteiger partial charge on any atom is -0.477 e.